The second-order valence-corrected chi connectivity index (χ2v) is 4.96. The molecule has 0 spiro atoms. The standard InChI is InChI=1S/C16H17ClN2O2/c1-11-5-4-6-12(15(11)17)16(20)19-9-10-21-14-8-3-2-7-13(14)18/h2-8H,9-10,18H2,1H3,(H,19,20). The summed E-state index contributed by atoms with van der Waals surface area (Å²) in [6.07, 6.45) is 0. The predicted molar refractivity (Wildman–Crippen MR) is 84.9 cm³/mol. The van der Waals surface area contributed by atoms with Crippen molar-refractivity contribution < 1.29 is 9.53 Å². The van der Waals surface area contributed by atoms with Crippen molar-refractivity contribution in [1.29, 1.82) is 0 Å². The summed E-state index contributed by atoms with van der Waals surface area (Å²) >= 11 is 6.11. The molecule has 0 fully saturated rings. The highest BCUT2D eigenvalue weighted by molar-refractivity contribution is 6.34. The Labute approximate surface area is 128 Å². The minimum absolute atomic E-state index is 0.215. The Balaban J connectivity index is 1.85. The number of nitrogens with one attached hydrogen (secondary N) is 1. The van der Waals surface area contributed by atoms with E-state index in [4.69, 9.17) is 22.1 Å². The van der Waals surface area contributed by atoms with Gasteiger partial charge in [-0.15, -0.1) is 0 Å². The molecule has 110 valence electrons. The van der Waals surface area contributed by atoms with Gasteiger partial charge in [0.1, 0.15) is 12.4 Å². The van der Waals surface area contributed by atoms with Crippen molar-refractivity contribution in [2.75, 3.05) is 18.9 Å². The van der Waals surface area contributed by atoms with E-state index in [0.29, 0.717) is 35.2 Å². The molecule has 3 N–H and O–H groups in total. The third-order valence-corrected chi connectivity index (χ3v) is 3.50. The number of halogens is 1. The summed E-state index contributed by atoms with van der Waals surface area (Å²) in [5, 5.41) is 3.24. The first kappa shape index (κ1) is 15.2. The summed E-state index contributed by atoms with van der Waals surface area (Å²) in [5.74, 6) is 0.397. The Bertz CT molecular complexity index is 644. The molecule has 5 heteroatoms. The smallest absolute Gasteiger partial charge is 0.252 e. The predicted octanol–water partition coefficient (Wildman–Crippen LogP) is 3.04. The number of nitrogens with two attached hydrogens (primary N) is 1. The molecule has 2 rings (SSSR count). The lowest BCUT2D eigenvalue weighted by atomic mass is 10.1. The van der Waals surface area contributed by atoms with Crippen molar-refractivity contribution >= 4 is 23.2 Å². The first-order chi connectivity index (χ1) is 10.1. The van der Waals surface area contributed by atoms with E-state index in [1.165, 1.54) is 0 Å². The average molecular weight is 305 g/mol. The Morgan fingerprint density at radius 2 is 2.00 bits per heavy atom. The molecule has 4 nitrogen and oxygen atoms in total. The van der Waals surface area contributed by atoms with Crippen LogP contribution < -0.4 is 15.8 Å². The SMILES string of the molecule is Cc1cccc(C(=O)NCCOc2ccccc2N)c1Cl. The van der Waals surface area contributed by atoms with Crippen LogP contribution in [0.3, 0.4) is 0 Å². The van der Waals surface area contributed by atoms with Crippen LogP contribution in [0.15, 0.2) is 42.5 Å². The molecule has 1 amide bonds. The van der Waals surface area contributed by atoms with Crippen LogP contribution in [0.5, 0.6) is 5.75 Å². The van der Waals surface area contributed by atoms with Gasteiger partial charge in [0, 0.05) is 0 Å². The van der Waals surface area contributed by atoms with Gasteiger partial charge in [-0.25, -0.2) is 0 Å². The molecule has 2 aromatic carbocycles. The third-order valence-electron chi connectivity index (χ3n) is 3.00. The van der Waals surface area contributed by atoms with E-state index in [2.05, 4.69) is 5.32 Å². The van der Waals surface area contributed by atoms with Crippen LogP contribution in [0.1, 0.15) is 15.9 Å². The number of ether oxygens (including phenoxy) is 1. The lowest BCUT2D eigenvalue weighted by molar-refractivity contribution is 0.0947. The number of hydrogen-bond acceptors (Lipinski definition) is 3. The van der Waals surface area contributed by atoms with Crippen molar-refractivity contribution in [1.82, 2.24) is 5.32 Å². The molecule has 0 radical (unpaired) electrons. The molecule has 0 atom stereocenters. The maximum atomic E-state index is 12.0. The van der Waals surface area contributed by atoms with E-state index in [-0.39, 0.29) is 5.91 Å². The molecule has 0 aliphatic carbocycles. The number of benzene rings is 2. The molecule has 0 saturated heterocycles. The molecule has 0 aliphatic heterocycles. The van der Waals surface area contributed by atoms with Crippen LogP contribution >= 0.6 is 11.6 Å². The zero-order valence-corrected chi connectivity index (χ0v) is 12.5. The maximum Gasteiger partial charge on any atom is 0.252 e. The molecular weight excluding hydrogens is 288 g/mol. The van der Waals surface area contributed by atoms with Gasteiger partial charge < -0.3 is 15.8 Å². The molecule has 0 bridgehead atoms. The monoisotopic (exact) mass is 304 g/mol. The lowest BCUT2D eigenvalue weighted by Crippen LogP contribution is -2.28. The highest BCUT2D eigenvalue weighted by atomic mass is 35.5. The number of rotatable bonds is 5. The minimum atomic E-state index is -0.215. The number of para-hydroxylation sites is 2. The van der Waals surface area contributed by atoms with Gasteiger partial charge in [0.15, 0.2) is 0 Å². The summed E-state index contributed by atoms with van der Waals surface area (Å²) in [7, 11) is 0. The number of amides is 1. The molecule has 0 aliphatic rings. The fourth-order valence-electron chi connectivity index (χ4n) is 1.86. The van der Waals surface area contributed by atoms with Crippen LogP contribution in [0.25, 0.3) is 0 Å². The highest BCUT2D eigenvalue weighted by Crippen LogP contribution is 2.20. The fraction of sp³-hybridized carbons (Fsp3) is 0.188. The second-order valence-electron chi connectivity index (χ2n) is 4.58. The zero-order valence-electron chi connectivity index (χ0n) is 11.7. The summed E-state index contributed by atoms with van der Waals surface area (Å²) in [6, 6.07) is 12.6. The molecular formula is C16H17ClN2O2. The van der Waals surface area contributed by atoms with Gasteiger partial charge in [0.2, 0.25) is 0 Å². The van der Waals surface area contributed by atoms with Gasteiger partial charge in [-0.05, 0) is 30.7 Å². The third kappa shape index (κ3) is 3.89. The largest absolute Gasteiger partial charge is 0.490 e. The van der Waals surface area contributed by atoms with E-state index in [9.17, 15) is 4.79 Å². The summed E-state index contributed by atoms with van der Waals surface area (Å²) in [5.41, 5.74) is 7.68. The van der Waals surface area contributed by atoms with Crippen LogP contribution in [0.2, 0.25) is 5.02 Å². The Kier molecular flexibility index (Phi) is 5.06. The number of anilines is 1. The molecule has 0 saturated carbocycles. The number of nitrogen functional groups attached to an aromatic ring is 1. The number of hydrogen-bond donors (Lipinski definition) is 2. The lowest BCUT2D eigenvalue weighted by Gasteiger charge is -2.10. The van der Waals surface area contributed by atoms with E-state index in [1.54, 1.807) is 24.3 Å². The quantitative estimate of drug-likeness (QED) is 0.659. The van der Waals surface area contributed by atoms with Gasteiger partial charge in [0.25, 0.3) is 5.91 Å². The zero-order chi connectivity index (χ0) is 15.2. The second kappa shape index (κ2) is 6.99. The van der Waals surface area contributed by atoms with E-state index >= 15 is 0 Å². The Morgan fingerprint density at radius 3 is 2.76 bits per heavy atom. The number of carbonyl (C=O) groups excluding carboxylic acids is 1. The average Bonchev–Trinajstić information content (AvgIpc) is 2.48. The topological polar surface area (TPSA) is 64.3 Å². The van der Waals surface area contributed by atoms with Crippen LogP contribution in [0, 0.1) is 6.92 Å². The maximum absolute atomic E-state index is 12.0. The minimum Gasteiger partial charge on any atom is -0.490 e. The first-order valence-electron chi connectivity index (χ1n) is 6.60. The highest BCUT2D eigenvalue weighted by Gasteiger charge is 2.10. The van der Waals surface area contributed by atoms with Crippen molar-refractivity contribution in [2.45, 2.75) is 6.92 Å². The molecule has 2 aromatic rings. The normalized spacial score (nSPS) is 10.2. The summed E-state index contributed by atoms with van der Waals surface area (Å²) in [6.45, 7) is 2.57. The van der Waals surface area contributed by atoms with Crippen molar-refractivity contribution in [3.05, 3.63) is 58.6 Å². The van der Waals surface area contributed by atoms with Crippen molar-refractivity contribution in [3.63, 3.8) is 0 Å². The van der Waals surface area contributed by atoms with Crippen LogP contribution in [-0.4, -0.2) is 19.1 Å². The van der Waals surface area contributed by atoms with Gasteiger partial charge in [-0.2, -0.15) is 0 Å². The summed E-state index contributed by atoms with van der Waals surface area (Å²) < 4.78 is 5.50. The van der Waals surface area contributed by atoms with Gasteiger partial charge in [-0.1, -0.05) is 35.9 Å². The first-order valence-corrected chi connectivity index (χ1v) is 6.98. The summed E-state index contributed by atoms with van der Waals surface area (Å²) in [4.78, 5) is 12.0. The van der Waals surface area contributed by atoms with Gasteiger partial charge in [0.05, 0.1) is 22.8 Å². The fourth-order valence-corrected chi connectivity index (χ4v) is 2.07. The number of carbonyl (C=O) groups is 1. The van der Waals surface area contributed by atoms with Crippen LogP contribution in [-0.2, 0) is 0 Å². The molecule has 0 unspecified atom stereocenters. The van der Waals surface area contributed by atoms with Crippen molar-refractivity contribution in [3.8, 4) is 5.75 Å². The number of aryl methyl sites for hydroxylation is 1. The molecule has 21 heavy (non-hydrogen) atoms. The van der Waals surface area contributed by atoms with E-state index < -0.39 is 0 Å². The van der Waals surface area contributed by atoms with E-state index in [0.717, 1.165) is 5.56 Å². The Hall–Kier alpha value is -2.20. The van der Waals surface area contributed by atoms with Crippen LogP contribution in [0.4, 0.5) is 5.69 Å². The van der Waals surface area contributed by atoms with Crippen molar-refractivity contribution in [2.24, 2.45) is 0 Å². The van der Waals surface area contributed by atoms with E-state index in [1.807, 2.05) is 25.1 Å². The Morgan fingerprint density at radius 1 is 1.24 bits per heavy atom. The van der Waals surface area contributed by atoms with Gasteiger partial charge in [-0.3, -0.25) is 4.79 Å². The molecule has 0 heterocycles. The molecule has 0 aromatic heterocycles. The van der Waals surface area contributed by atoms with Gasteiger partial charge >= 0.3 is 0 Å².